The zero-order valence-corrected chi connectivity index (χ0v) is 12.6. The minimum absolute atomic E-state index is 0.382. The lowest BCUT2D eigenvalue weighted by Gasteiger charge is -2.33. The number of piperidine rings is 1. The van der Waals surface area contributed by atoms with Gasteiger partial charge < -0.3 is 14.9 Å². The van der Waals surface area contributed by atoms with Crippen molar-refractivity contribution in [1.82, 2.24) is 4.90 Å². The molecule has 0 aromatic heterocycles. The van der Waals surface area contributed by atoms with E-state index < -0.39 is 18.0 Å². The molecule has 0 radical (unpaired) electrons. The third kappa shape index (κ3) is 4.19. The molecule has 1 saturated heterocycles. The number of aliphatic hydroxyl groups is 1. The summed E-state index contributed by atoms with van der Waals surface area (Å²) in [7, 11) is 0. The minimum atomic E-state index is -0.928. The van der Waals surface area contributed by atoms with Gasteiger partial charge in [-0.2, -0.15) is 0 Å². The van der Waals surface area contributed by atoms with E-state index in [1.54, 1.807) is 0 Å². The lowest BCUT2D eigenvalue weighted by atomic mass is 9.95. The smallest absolute Gasteiger partial charge is 0.310 e. The van der Waals surface area contributed by atoms with Crippen LogP contribution in [-0.2, 0) is 4.79 Å². The van der Waals surface area contributed by atoms with Crippen molar-refractivity contribution in [2.24, 2.45) is 5.92 Å². The molecule has 0 amide bonds. The van der Waals surface area contributed by atoms with E-state index in [2.05, 4.69) is 6.07 Å². The predicted octanol–water partition coefficient (Wildman–Crippen LogP) is 1.45. The zero-order valence-electron chi connectivity index (χ0n) is 12.6. The Morgan fingerprint density at radius 3 is 2.86 bits per heavy atom. The summed E-state index contributed by atoms with van der Waals surface area (Å²) in [5.41, 5.74) is 2.31. The normalized spacial score (nSPS) is 23.0. The van der Waals surface area contributed by atoms with Crippen LogP contribution in [0.3, 0.4) is 0 Å². The Balaban J connectivity index is 1.82. The first-order chi connectivity index (χ1) is 9.97. The summed E-state index contributed by atoms with van der Waals surface area (Å²) in [5.74, 6) is -0.755. The Bertz CT molecular complexity index is 503. The number of hydrogen-bond acceptors (Lipinski definition) is 4. The lowest BCUT2D eigenvalue weighted by Crippen LogP contribution is -2.47. The third-order valence-corrected chi connectivity index (χ3v) is 3.97. The number of aliphatic hydroxyl groups excluding tert-OH is 1. The standard InChI is InChI=1S/C16H23NO4/c1-11-3-4-15(12(2)9-11)21-8-7-17-6-5-14(18)13(10-17)16(19)20/h3-4,9,13-14,18H,5-8,10H2,1-2H3,(H,19,20)/t13-,14+/m0/s1. The maximum Gasteiger partial charge on any atom is 0.310 e. The number of hydrogen-bond donors (Lipinski definition) is 2. The molecule has 1 aliphatic rings. The van der Waals surface area contributed by atoms with E-state index in [0.29, 0.717) is 32.7 Å². The van der Waals surface area contributed by atoms with Crippen molar-refractivity contribution in [1.29, 1.82) is 0 Å². The fourth-order valence-corrected chi connectivity index (χ4v) is 2.70. The molecule has 21 heavy (non-hydrogen) atoms. The highest BCUT2D eigenvalue weighted by Crippen LogP contribution is 2.20. The first-order valence-corrected chi connectivity index (χ1v) is 7.30. The zero-order chi connectivity index (χ0) is 15.4. The van der Waals surface area contributed by atoms with Crippen LogP contribution >= 0.6 is 0 Å². The maximum absolute atomic E-state index is 11.1. The first kappa shape index (κ1) is 15.8. The van der Waals surface area contributed by atoms with Crippen LogP contribution in [0.4, 0.5) is 0 Å². The summed E-state index contributed by atoms with van der Waals surface area (Å²) in [5, 5.41) is 18.8. The van der Waals surface area contributed by atoms with Crippen LogP contribution in [0.5, 0.6) is 5.75 Å². The molecule has 1 heterocycles. The van der Waals surface area contributed by atoms with Gasteiger partial charge in [0.25, 0.3) is 0 Å². The highest BCUT2D eigenvalue weighted by molar-refractivity contribution is 5.71. The Labute approximate surface area is 125 Å². The van der Waals surface area contributed by atoms with Crippen molar-refractivity contribution in [2.75, 3.05) is 26.2 Å². The van der Waals surface area contributed by atoms with Gasteiger partial charge >= 0.3 is 5.97 Å². The van der Waals surface area contributed by atoms with Crippen LogP contribution in [0.1, 0.15) is 17.5 Å². The van der Waals surface area contributed by atoms with E-state index in [1.165, 1.54) is 5.56 Å². The van der Waals surface area contributed by atoms with Gasteiger partial charge in [-0.05, 0) is 31.9 Å². The second-order valence-corrected chi connectivity index (χ2v) is 5.72. The molecule has 1 aromatic rings. The van der Waals surface area contributed by atoms with Gasteiger partial charge in [-0.3, -0.25) is 9.69 Å². The highest BCUT2D eigenvalue weighted by Gasteiger charge is 2.32. The topological polar surface area (TPSA) is 70.0 Å². The fourth-order valence-electron chi connectivity index (χ4n) is 2.70. The molecule has 0 unspecified atom stereocenters. The quantitative estimate of drug-likeness (QED) is 0.860. The van der Waals surface area contributed by atoms with Crippen molar-refractivity contribution in [3.8, 4) is 5.75 Å². The largest absolute Gasteiger partial charge is 0.492 e. The highest BCUT2D eigenvalue weighted by atomic mass is 16.5. The maximum atomic E-state index is 11.1. The number of aryl methyl sites for hydroxylation is 2. The second-order valence-electron chi connectivity index (χ2n) is 5.72. The number of ether oxygens (including phenoxy) is 1. The molecule has 1 aliphatic heterocycles. The van der Waals surface area contributed by atoms with E-state index in [0.717, 1.165) is 11.3 Å². The van der Waals surface area contributed by atoms with Crippen LogP contribution in [-0.4, -0.2) is 53.4 Å². The van der Waals surface area contributed by atoms with Gasteiger partial charge in [0.15, 0.2) is 0 Å². The molecular formula is C16H23NO4. The molecular weight excluding hydrogens is 270 g/mol. The Hall–Kier alpha value is -1.59. The number of carboxylic acid groups (broad SMARTS) is 1. The molecule has 0 saturated carbocycles. The molecule has 0 spiro atoms. The Kier molecular flexibility index (Phi) is 5.20. The summed E-state index contributed by atoms with van der Waals surface area (Å²) >= 11 is 0. The van der Waals surface area contributed by atoms with Gasteiger partial charge in [0.05, 0.1) is 12.0 Å². The average molecular weight is 293 g/mol. The molecule has 1 fully saturated rings. The number of carbonyl (C=O) groups is 1. The minimum Gasteiger partial charge on any atom is -0.492 e. The number of benzene rings is 1. The number of rotatable bonds is 5. The Morgan fingerprint density at radius 2 is 2.19 bits per heavy atom. The van der Waals surface area contributed by atoms with E-state index in [9.17, 15) is 9.90 Å². The van der Waals surface area contributed by atoms with Crippen LogP contribution in [0.2, 0.25) is 0 Å². The monoisotopic (exact) mass is 293 g/mol. The van der Waals surface area contributed by atoms with Gasteiger partial charge in [0.2, 0.25) is 0 Å². The average Bonchev–Trinajstić information content (AvgIpc) is 2.42. The van der Waals surface area contributed by atoms with Gasteiger partial charge in [-0.25, -0.2) is 0 Å². The summed E-state index contributed by atoms with van der Waals surface area (Å²) < 4.78 is 5.77. The van der Waals surface area contributed by atoms with Crippen molar-refractivity contribution >= 4 is 5.97 Å². The molecule has 2 rings (SSSR count). The van der Waals surface area contributed by atoms with Gasteiger partial charge in [-0.1, -0.05) is 17.7 Å². The van der Waals surface area contributed by atoms with E-state index in [4.69, 9.17) is 9.84 Å². The van der Waals surface area contributed by atoms with E-state index >= 15 is 0 Å². The van der Waals surface area contributed by atoms with Crippen LogP contribution in [0.25, 0.3) is 0 Å². The molecule has 5 heteroatoms. The molecule has 0 aliphatic carbocycles. The summed E-state index contributed by atoms with van der Waals surface area (Å²) in [6.07, 6.45) is -0.237. The fraction of sp³-hybridized carbons (Fsp3) is 0.562. The molecule has 1 aromatic carbocycles. The van der Waals surface area contributed by atoms with Crippen LogP contribution in [0, 0.1) is 19.8 Å². The molecule has 5 nitrogen and oxygen atoms in total. The molecule has 2 N–H and O–H groups in total. The van der Waals surface area contributed by atoms with Gasteiger partial charge in [0.1, 0.15) is 12.4 Å². The number of carboxylic acids is 1. The summed E-state index contributed by atoms with van der Waals surface area (Å²) in [6, 6.07) is 6.05. The predicted molar refractivity (Wildman–Crippen MR) is 79.6 cm³/mol. The van der Waals surface area contributed by atoms with Crippen molar-refractivity contribution in [2.45, 2.75) is 26.4 Å². The third-order valence-electron chi connectivity index (χ3n) is 3.97. The van der Waals surface area contributed by atoms with Gasteiger partial charge in [-0.15, -0.1) is 0 Å². The Morgan fingerprint density at radius 1 is 1.43 bits per heavy atom. The van der Waals surface area contributed by atoms with Crippen molar-refractivity contribution in [3.63, 3.8) is 0 Å². The molecule has 116 valence electrons. The summed E-state index contributed by atoms with van der Waals surface area (Å²) in [4.78, 5) is 13.1. The molecule has 2 atom stereocenters. The van der Waals surface area contributed by atoms with E-state index in [1.807, 2.05) is 30.9 Å². The first-order valence-electron chi connectivity index (χ1n) is 7.30. The van der Waals surface area contributed by atoms with E-state index in [-0.39, 0.29) is 0 Å². The molecule has 0 bridgehead atoms. The van der Waals surface area contributed by atoms with Gasteiger partial charge in [0, 0.05) is 19.6 Å². The van der Waals surface area contributed by atoms with Crippen molar-refractivity contribution < 1.29 is 19.7 Å². The number of nitrogens with zero attached hydrogens (tertiary/aromatic N) is 1. The number of likely N-dealkylation sites (tertiary alicyclic amines) is 1. The lowest BCUT2D eigenvalue weighted by molar-refractivity contribution is -0.148. The van der Waals surface area contributed by atoms with Crippen LogP contribution in [0.15, 0.2) is 18.2 Å². The number of aliphatic carboxylic acids is 1. The summed E-state index contributed by atoms with van der Waals surface area (Å²) in [6.45, 7) is 6.34. The second kappa shape index (κ2) is 6.91. The van der Waals surface area contributed by atoms with Crippen LogP contribution < -0.4 is 4.74 Å². The SMILES string of the molecule is Cc1ccc(OCCN2CC[C@@H](O)[C@@H](C(=O)O)C2)c(C)c1. The van der Waals surface area contributed by atoms with Crippen molar-refractivity contribution in [3.05, 3.63) is 29.3 Å².